The highest BCUT2D eigenvalue weighted by Gasteiger charge is 2.34. The lowest BCUT2D eigenvalue weighted by atomic mass is 10.1. The molecule has 0 aliphatic carbocycles. The minimum Gasteiger partial charge on any atom is -0.382 e. The highest BCUT2D eigenvalue weighted by Crippen LogP contribution is 2.37. The highest BCUT2D eigenvalue weighted by molar-refractivity contribution is 6.30. The number of nitrogens with one attached hydrogen (secondary N) is 2. The zero-order chi connectivity index (χ0) is 13.9. The summed E-state index contributed by atoms with van der Waals surface area (Å²) < 4.78 is 38.9. The quantitative estimate of drug-likeness (QED) is 0.863. The first-order valence-corrected chi connectivity index (χ1v) is 6.68. The van der Waals surface area contributed by atoms with E-state index in [1.165, 1.54) is 12.1 Å². The van der Waals surface area contributed by atoms with E-state index in [2.05, 4.69) is 10.6 Å². The molecule has 19 heavy (non-hydrogen) atoms. The molecule has 1 aromatic rings. The third-order valence-corrected chi connectivity index (χ3v) is 3.46. The normalized spacial score (nSPS) is 20.9. The third-order valence-electron chi connectivity index (χ3n) is 3.22. The summed E-state index contributed by atoms with van der Waals surface area (Å²) in [6.07, 6.45) is -1.74. The topological polar surface area (TPSA) is 24.1 Å². The van der Waals surface area contributed by atoms with Crippen LogP contribution in [0.15, 0.2) is 18.2 Å². The molecule has 1 fully saturated rings. The average molecular weight is 293 g/mol. The van der Waals surface area contributed by atoms with Gasteiger partial charge >= 0.3 is 6.18 Å². The number of benzene rings is 1. The molecule has 1 aliphatic heterocycles. The van der Waals surface area contributed by atoms with Crippen molar-refractivity contribution < 1.29 is 13.2 Å². The summed E-state index contributed by atoms with van der Waals surface area (Å²) in [7, 11) is 0. The molecule has 0 spiro atoms. The maximum atomic E-state index is 13.0. The van der Waals surface area contributed by atoms with Gasteiger partial charge in [-0.2, -0.15) is 13.2 Å². The maximum absolute atomic E-state index is 13.0. The number of anilines is 1. The van der Waals surface area contributed by atoms with Crippen LogP contribution >= 0.6 is 11.6 Å². The maximum Gasteiger partial charge on any atom is 0.418 e. The van der Waals surface area contributed by atoms with Crippen LogP contribution in [0.5, 0.6) is 0 Å². The van der Waals surface area contributed by atoms with Crippen LogP contribution in [0, 0.1) is 0 Å². The van der Waals surface area contributed by atoms with Crippen molar-refractivity contribution in [2.75, 3.05) is 18.4 Å². The van der Waals surface area contributed by atoms with Gasteiger partial charge < -0.3 is 10.6 Å². The van der Waals surface area contributed by atoms with E-state index in [-0.39, 0.29) is 16.8 Å². The van der Waals surface area contributed by atoms with Crippen molar-refractivity contribution in [1.82, 2.24) is 5.32 Å². The molecular weight excluding hydrogens is 277 g/mol. The second kappa shape index (κ2) is 6.01. The Kier molecular flexibility index (Phi) is 4.58. The van der Waals surface area contributed by atoms with Crippen molar-refractivity contribution in [1.29, 1.82) is 0 Å². The van der Waals surface area contributed by atoms with E-state index >= 15 is 0 Å². The Hall–Kier alpha value is -0.940. The molecule has 2 rings (SSSR count). The zero-order valence-corrected chi connectivity index (χ0v) is 11.1. The first-order chi connectivity index (χ1) is 8.97. The molecule has 1 atom stereocenters. The average Bonchev–Trinajstić information content (AvgIpc) is 2.59. The Morgan fingerprint density at radius 1 is 1.21 bits per heavy atom. The second-order valence-electron chi connectivity index (χ2n) is 4.71. The van der Waals surface area contributed by atoms with Crippen LogP contribution in [0.2, 0.25) is 5.02 Å². The van der Waals surface area contributed by atoms with Gasteiger partial charge in [0.25, 0.3) is 0 Å². The largest absolute Gasteiger partial charge is 0.418 e. The number of hydrogen-bond acceptors (Lipinski definition) is 2. The summed E-state index contributed by atoms with van der Waals surface area (Å²) >= 11 is 5.65. The van der Waals surface area contributed by atoms with Crippen LogP contribution in [-0.4, -0.2) is 19.1 Å². The van der Waals surface area contributed by atoms with E-state index in [0.29, 0.717) is 0 Å². The van der Waals surface area contributed by atoms with Gasteiger partial charge in [-0.15, -0.1) is 0 Å². The number of rotatable bonds is 2. The van der Waals surface area contributed by atoms with Crippen molar-refractivity contribution in [3.8, 4) is 0 Å². The molecule has 0 saturated carbocycles. The van der Waals surface area contributed by atoms with Gasteiger partial charge in [0.05, 0.1) is 5.56 Å². The van der Waals surface area contributed by atoms with E-state index in [0.717, 1.165) is 38.4 Å². The van der Waals surface area contributed by atoms with Crippen LogP contribution < -0.4 is 10.6 Å². The molecule has 1 heterocycles. The Bertz CT molecular complexity index is 426. The molecule has 0 amide bonds. The molecule has 1 unspecified atom stereocenters. The summed E-state index contributed by atoms with van der Waals surface area (Å²) in [6, 6.07) is 3.92. The van der Waals surface area contributed by atoms with Gasteiger partial charge in [-0.25, -0.2) is 0 Å². The van der Waals surface area contributed by atoms with E-state index in [4.69, 9.17) is 11.6 Å². The predicted octanol–water partition coefficient (Wildman–Crippen LogP) is 3.91. The van der Waals surface area contributed by atoms with Gasteiger partial charge in [-0.3, -0.25) is 0 Å². The number of hydrogen-bond donors (Lipinski definition) is 2. The SMILES string of the molecule is FC(F)(F)c1cc(Cl)ccc1NC1CCCNCC1. The van der Waals surface area contributed by atoms with Gasteiger partial charge in [-0.05, 0) is 50.6 Å². The summed E-state index contributed by atoms with van der Waals surface area (Å²) in [5.74, 6) is 0. The monoisotopic (exact) mass is 292 g/mol. The van der Waals surface area contributed by atoms with Gasteiger partial charge in [0.1, 0.15) is 0 Å². The van der Waals surface area contributed by atoms with Gasteiger partial charge in [-0.1, -0.05) is 11.6 Å². The zero-order valence-electron chi connectivity index (χ0n) is 10.4. The fourth-order valence-corrected chi connectivity index (χ4v) is 2.43. The van der Waals surface area contributed by atoms with E-state index in [9.17, 15) is 13.2 Å². The minimum atomic E-state index is -4.39. The minimum absolute atomic E-state index is 0.0669. The molecule has 0 bridgehead atoms. The lowest BCUT2D eigenvalue weighted by Crippen LogP contribution is -2.23. The van der Waals surface area contributed by atoms with Gasteiger partial charge in [0, 0.05) is 16.8 Å². The summed E-state index contributed by atoms with van der Waals surface area (Å²) in [5, 5.41) is 6.34. The van der Waals surface area contributed by atoms with Crippen molar-refractivity contribution >= 4 is 17.3 Å². The fraction of sp³-hybridized carbons (Fsp3) is 0.538. The molecule has 1 saturated heterocycles. The van der Waals surface area contributed by atoms with Gasteiger partial charge in [0.15, 0.2) is 0 Å². The van der Waals surface area contributed by atoms with E-state index < -0.39 is 11.7 Å². The van der Waals surface area contributed by atoms with Crippen LogP contribution in [0.4, 0.5) is 18.9 Å². The Balaban J connectivity index is 2.19. The van der Waals surface area contributed by atoms with Gasteiger partial charge in [0.2, 0.25) is 0 Å². The van der Waals surface area contributed by atoms with Crippen molar-refractivity contribution in [2.24, 2.45) is 0 Å². The molecule has 0 aromatic heterocycles. The summed E-state index contributed by atoms with van der Waals surface area (Å²) in [5.41, 5.74) is -0.582. The summed E-state index contributed by atoms with van der Waals surface area (Å²) in [4.78, 5) is 0. The molecule has 1 aliphatic rings. The van der Waals surface area contributed by atoms with Crippen LogP contribution in [0.25, 0.3) is 0 Å². The van der Waals surface area contributed by atoms with Crippen molar-refractivity contribution in [3.05, 3.63) is 28.8 Å². The lowest BCUT2D eigenvalue weighted by Gasteiger charge is -2.21. The second-order valence-corrected chi connectivity index (χ2v) is 5.15. The molecule has 6 heteroatoms. The van der Waals surface area contributed by atoms with E-state index in [1.807, 2.05) is 0 Å². The molecule has 1 aromatic carbocycles. The smallest absolute Gasteiger partial charge is 0.382 e. The fourth-order valence-electron chi connectivity index (χ4n) is 2.26. The molecule has 106 valence electrons. The Morgan fingerprint density at radius 2 is 2.00 bits per heavy atom. The lowest BCUT2D eigenvalue weighted by molar-refractivity contribution is -0.137. The number of alkyl halides is 3. The number of halogens is 4. The van der Waals surface area contributed by atoms with Crippen molar-refractivity contribution in [3.63, 3.8) is 0 Å². The molecule has 0 radical (unpaired) electrons. The first-order valence-electron chi connectivity index (χ1n) is 6.31. The Labute approximate surface area is 115 Å². The molecule has 2 nitrogen and oxygen atoms in total. The molecular formula is C13H16ClF3N2. The third kappa shape index (κ3) is 4.01. The molecule has 2 N–H and O–H groups in total. The summed E-state index contributed by atoms with van der Waals surface area (Å²) in [6.45, 7) is 1.75. The van der Waals surface area contributed by atoms with Crippen LogP contribution in [0.1, 0.15) is 24.8 Å². The van der Waals surface area contributed by atoms with Crippen molar-refractivity contribution in [2.45, 2.75) is 31.5 Å². The highest BCUT2D eigenvalue weighted by atomic mass is 35.5. The predicted molar refractivity (Wildman–Crippen MR) is 70.6 cm³/mol. The Morgan fingerprint density at radius 3 is 2.74 bits per heavy atom. The first kappa shape index (κ1) is 14.5. The standard InChI is InChI=1S/C13H16ClF3N2/c14-9-3-4-12(11(8-9)13(15,16)17)19-10-2-1-6-18-7-5-10/h3-4,8,10,18-19H,1-2,5-7H2. The van der Waals surface area contributed by atoms with Crippen LogP contribution in [0.3, 0.4) is 0 Å². The van der Waals surface area contributed by atoms with E-state index in [1.54, 1.807) is 0 Å². The van der Waals surface area contributed by atoms with Crippen LogP contribution in [-0.2, 0) is 6.18 Å².